The first kappa shape index (κ1) is 18.0. The van der Waals surface area contributed by atoms with Crippen molar-refractivity contribution >= 4 is 40.1 Å². The number of rotatable bonds is 4. The first-order valence-electron chi connectivity index (χ1n) is 7.98. The van der Waals surface area contributed by atoms with Gasteiger partial charge in [-0.3, -0.25) is 19.4 Å². The van der Waals surface area contributed by atoms with E-state index in [-0.39, 0.29) is 29.9 Å². The van der Waals surface area contributed by atoms with Crippen molar-refractivity contribution in [2.24, 2.45) is 5.92 Å². The maximum Gasteiger partial charge on any atom is 0.341 e. The second-order valence-corrected chi connectivity index (χ2v) is 6.98. The topological polar surface area (TPSA) is 138 Å². The van der Waals surface area contributed by atoms with Crippen LogP contribution in [0.3, 0.4) is 0 Å². The maximum absolute atomic E-state index is 14.6. The van der Waals surface area contributed by atoms with Gasteiger partial charge in [-0.1, -0.05) is 0 Å². The lowest BCUT2D eigenvalue weighted by Crippen LogP contribution is -2.54. The number of nitrogens with one attached hydrogen (secondary N) is 1. The number of hydrogen-bond acceptors (Lipinski definition) is 8. The van der Waals surface area contributed by atoms with Crippen molar-refractivity contribution in [3.05, 3.63) is 45.4 Å². The molecule has 0 unspecified atom stereocenters. The smallest absolute Gasteiger partial charge is 0.341 e. The summed E-state index contributed by atoms with van der Waals surface area (Å²) in [4.78, 5) is 45.1. The van der Waals surface area contributed by atoms with Crippen LogP contribution in [0.2, 0.25) is 0 Å². The Balaban J connectivity index is 1.88. The zero-order valence-corrected chi connectivity index (χ0v) is 14.8. The molecule has 0 aromatic carbocycles. The number of aromatic nitrogens is 3. The molecule has 1 aliphatic heterocycles. The lowest BCUT2D eigenvalue weighted by molar-refractivity contribution is -0.134. The third-order valence-electron chi connectivity index (χ3n) is 4.43. The molecule has 3 aromatic heterocycles. The van der Waals surface area contributed by atoms with E-state index in [9.17, 15) is 23.9 Å². The van der Waals surface area contributed by atoms with Crippen LogP contribution in [0.4, 0.5) is 10.2 Å². The zero-order valence-electron chi connectivity index (χ0n) is 14.0. The highest BCUT2D eigenvalue weighted by atomic mass is 32.1. The Labute approximate surface area is 159 Å². The summed E-state index contributed by atoms with van der Waals surface area (Å²) in [5.41, 5.74) is 0.220. The molecule has 0 bridgehead atoms. The SMILES string of the molecule is O=C(O)c1cn(-c2nccs2)c2nc(N3CC(C(=O)NO)C3)c(F)cc2c1=O. The summed E-state index contributed by atoms with van der Waals surface area (Å²) in [6.07, 6.45) is 2.61. The van der Waals surface area contributed by atoms with Crippen LogP contribution in [0.1, 0.15) is 10.4 Å². The zero-order chi connectivity index (χ0) is 20.0. The third kappa shape index (κ3) is 2.78. The number of thiazole rings is 1. The number of carbonyl (C=O) groups excluding carboxylic acids is 1. The van der Waals surface area contributed by atoms with Crippen molar-refractivity contribution in [2.45, 2.75) is 0 Å². The van der Waals surface area contributed by atoms with E-state index >= 15 is 0 Å². The number of carboxylic acid groups (broad SMARTS) is 1. The second-order valence-electron chi connectivity index (χ2n) is 6.10. The van der Waals surface area contributed by atoms with Crippen molar-refractivity contribution in [3.8, 4) is 5.13 Å². The number of aromatic carboxylic acids is 1. The Bertz CT molecular complexity index is 1160. The first-order valence-corrected chi connectivity index (χ1v) is 8.86. The minimum absolute atomic E-state index is 0.0522. The predicted molar refractivity (Wildman–Crippen MR) is 95.6 cm³/mol. The van der Waals surface area contributed by atoms with Gasteiger partial charge in [0.25, 0.3) is 0 Å². The maximum atomic E-state index is 14.6. The van der Waals surface area contributed by atoms with Crippen molar-refractivity contribution in [3.63, 3.8) is 0 Å². The molecule has 1 amide bonds. The molecule has 4 rings (SSSR count). The van der Waals surface area contributed by atoms with E-state index < -0.39 is 34.6 Å². The molecule has 1 aliphatic rings. The molecule has 3 aromatic rings. The number of pyridine rings is 2. The standard InChI is InChI=1S/C16H12FN5O5S/c17-10-3-8-11(23)9(15(25)26)6-22(16-18-1-2-28-16)12(8)19-13(10)21-4-7(5-21)14(24)20-27/h1-3,6-7,27H,4-5H2,(H,20,24)(H,25,26). The van der Waals surface area contributed by atoms with Gasteiger partial charge in [0.1, 0.15) is 5.56 Å². The van der Waals surface area contributed by atoms with Crippen LogP contribution < -0.4 is 15.8 Å². The van der Waals surface area contributed by atoms with E-state index in [0.29, 0.717) is 5.13 Å². The van der Waals surface area contributed by atoms with E-state index in [4.69, 9.17) is 5.21 Å². The molecular formula is C16H12FN5O5S. The second kappa shape index (κ2) is 6.65. The highest BCUT2D eigenvalue weighted by molar-refractivity contribution is 7.12. The van der Waals surface area contributed by atoms with Crippen molar-refractivity contribution in [1.29, 1.82) is 0 Å². The van der Waals surface area contributed by atoms with Crippen LogP contribution >= 0.6 is 11.3 Å². The predicted octanol–water partition coefficient (Wildman–Crippen LogP) is 0.621. The minimum atomic E-state index is -1.44. The Hall–Kier alpha value is -3.38. The molecule has 1 fully saturated rings. The highest BCUT2D eigenvalue weighted by Crippen LogP contribution is 2.28. The van der Waals surface area contributed by atoms with Crippen LogP contribution in [0.15, 0.2) is 28.6 Å². The van der Waals surface area contributed by atoms with Crippen LogP contribution in [-0.4, -0.2) is 49.8 Å². The molecular weight excluding hydrogens is 393 g/mol. The van der Waals surface area contributed by atoms with E-state index in [1.807, 2.05) is 0 Å². The monoisotopic (exact) mass is 405 g/mol. The Morgan fingerprint density at radius 3 is 2.71 bits per heavy atom. The normalized spacial score (nSPS) is 14.1. The molecule has 10 nitrogen and oxygen atoms in total. The number of nitrogens with zero attached hydrogens (tertiary/aromatic N) is 4. The van der Waals surface area contributed by atoms with Crippen LogP contribution in [0.25, 0.3) is 16.2 Å². The molecule has 0 aliphatic carbocycles. The number of carboxylic acids is 1. The van der Waals surface area contributed by atoms with E-state index in [0.717, 1.165) is 12.3 Å². The Morgan fingerprint density at radius 2 is 2.11 bits per heavy atom. The lowest BCUT2D eigenvalue weighted by Gasteiger charge is -2.38. The van der Waals surface area contributed by atoms with Gasteiger partial charge >= 0.3 is 5.97 Å². The van der Waals surface area contributed by atoms with Gasteiger partial charge in [-0.05, 0) is 6.07 Å². The summed E-state index contributed by atoms with van der Waals surface area (Å²) in [6.45, 7) is 0.271. The van der Waals surface area contributed by atoms with Gasteiger partial charge in [0.05, 0.1) is 11.3 Å². The summed E-state index contributed by atoms with van der Waals surface area (Å²) in [5, 5.41) is 19.8. The molecule has 144 valence electrons. The number of hydrogen-bond donors (Lipinski definition) is 3. The molecule has 28 heavy (non-hydrogen) atoms. The van der Waals surface area contributed by atoms with Gasteiger partial charge in [-0.15, -0.1) is 11.3 Å². The lowest BCUT2D eigenvalue weighted by atomic mass is 9.99. The van der Waals surface area contributed by atoms with Crippen molar-refractivity contribution in [2.75, 3.05) is 18.0 Å². The van der Waals surface area contributed by atoms with Gasteiger partial charge < -0.3 is 10.0 Å². The van der Waals surface area contributed by atoms with Crippen LogP contribution in [0.5, 0.6) is 0 Å². The van der Waals surface area contributed by atoms with Gasteiger partial charge in [0, 0.05) is 30.9 Å². The largest absolute Gasteiger partial charge is 0.477 e. The number of hydroxylamine groups is 1. The van der Waals surface area contributed by atoms with Crippen LogP contribution in [0, 0.1) is 11.7 Å². The Kier molecular flexibility index (Phi) is 4.28. The summed E-state index contributed by atoms with van der Waals surface area (Å²) in [6, 6.07) is 0.940. The van der Waals surface area contributed by atoms with Gasteiger partial charge in [-0.2, -0.15) is 0 Å². The summed E-state index contributed by atoms with van der Waals surface area (Å²) in [5.74, 6) is -3.44. The number of anilines is 1. The van der Waals surface area contributed by atoms with Gasteiger partial charge in [-0.25, -0.2) is 24.6 Å². The molecule has 1 saturated heterocycles. The molecule has 0 radical (unpaired) electrons. The minimum Gasteiger partial charge on any atom is -0.477 e. The first-order chi connectivity index (χ1) is 13.4. The fourth-order valence-electron chi connectivity index (χ4n) is 2.98. The summed E-state index contributed by atoms with van der Waals surface area (Å²) >= 11 is 1.19. The van der Waals surface area contributed by atoms with E-state index in [2.05, 4.69) is 9.97 Å². The molecule has 4 heterocycles. The molecule has 0 spiro atoms. The van der Waals surface area contributed by atoms with Gasteiger partial charge in [0.2, 0.25) is 11.3 Å². The quantitative estimate of drug-likeness (QED) is 0.424. The van der Waals surface area contributed by atoms with E-state index in [1.165, 1.54) is 27.0 Å². The average molecular weight is 405 g/mol. The fraction of sp³-hybridized carbons (Fsp3) is 0.188. The number of halogens is 1. The van der Waals surface area contributed by atoms with Crippen molar-refractivity contribution < 1.29 is 24.3 Å². The van der Waals surface area contributed by atoms with Crippen molar-refractivity contribution in [1.82, 2.24) is 20.0 Å². The molecule has 3 N–H and O–H groups in total. The Morgan fingerprint density at radius 1 is 1.36 bits per heavy atom. The fourth-order valence-corrected chi connectivity index (χ4v) is 3.60. The molecule has 0 saturated carbocycles. The summed E-state index contributed by atoms with van der Waals surface area (Å²) < 4.78 is 16.0. The molecule has 0 atom stereocenters. The summed E-state index contributed by atoms with van der Waals surface area (Å²) in [7, 11) is 0. The highest BCUT2D eigenvalue weighted by Gasteiger charge is 2.35. The number of fused-ring (bicyclic) bond motifs is 1. The van der Waals surface area contributed by atoms with E-state index in [1.54, 1.807) is 10.9 Å². The number of amides is 1. The van der Waals surface area contributed by atoms with Gasteiger partial charge in [0.15, 0.2) is 22.4 Å². The molecule has 12 heteroatoms. The third-order valence-corrected chi connectivity index (χ3v) is 5.20. The number of carbonyl (C=O) groups is 2. The van der Waals surface area contributed by atoms with Crippen LogP contribution in [-0.2, 0) is 4.79 Å². The average Bonchev–Trinajstić information content (AvgIpc) is 3.15.